The number of nitrogens with two attached hydrogens (primary N) is 1. The quantitative estimate of drug-likeness (QED) is 0.603. The monoisotopic (exact) mass is 294 g/mol. The molecule has 3 N–H and O–H groups in total. The van der Waals surface area contributed by atoms with E-state index in [9.17, 15) is 14.9 Å². The van der Waals surface area contributed by atoms with Gasteiger partial charge < -0.3 is 16.0 Å². The minimum atomic E-state index is -0.491. The number of hydrogen-bond acceptors (Lipinski definition) is 7. The maximum atomic E-state index is 11.6. The summed E-state index contributed by atoms with van der Waals surface area (Å²) in [4.78, 5) is 32.0. The average Bonchev–Trinajstić information content (AvgIpc) is 2.45. The molecule has 1 amide bonds. The third kappa shape index (κ3) is 3.01. The van der Waals surface area contributed by atoms with Gasteiger partial charge in [0, 0.05) is 26.1 Å². The van der Waals surface area contributed by atoms with Crippen molar-refractivity contribution in [3.05, 3.63) is 15.8 Å². The summed E-state index contributed by atoms with van der Waals surface area (Å²) in [5, 5.41) is 13.8. The molecule has 1 aromatic heterocycles. The predicted octanol–water partition coefficient (Wildman–Crippen LogP) is 0.238. The lowest BCUT2D eigenvalue weighted by molar-refractivity contribution is -0.385. The van der Waals surface area contributed by atoms with E-state index in [1.165, 1.54) is 6.92 Å². The van der Waals surface area contributed by atoms with Crippen molar-refractivity contribution < 1.29 is 9.72 Å². The fourth-order valence-corrected chi connectivity index (χ4v) is 2.56. The number of hydrogen-bond donors (Lipinski definition) is 2. The van der Waals surface area contributed by atoms with Crippen LogP contribution in [0.3, 0.4) is 0 Å². The minimum Gasteiger partial charge on any atom is -0.368 e. The van der Waals surface area contributed by atoms with E-state index in [1.807, 2.05) is 0 Å². The van der Waals surface area contributed by atoms with Gasteiger partial charge in [-0.05, 0) is 19.8 Å². The van der Waals surface area contributed by atoms with Crippen LogP contribution in [0.2, 0.25) is 0 Å². The lowest BCUT2D eigenvalue weighted by Crippen LogP contribution is -2.40. The average molecular weight is 294 g/mol. The van der Waals surface area contributed by atoms with E-state index in [-0.39, 0.29) is 35.0 Å². The number of aromatic nitrogens is 2. The van der Waals surface area contributed by atoms with Crippen molar-refractivity contribution in [1.29, 1.82) is 0 Å². The maximum absolute atomic E-state index is 11.6. The minimum absolute atomic E-state index is 0.00234. The Kier molecular flexibility index (Phi) is 4.20. The molecule has 21 heavy (non-hydrogen) atoms. The van der Waals surface area contributed by atoms with Crippen molar-refractivity contribution in [2.45, 2.75) is 19.8 Å². The number of rotatable bonds is 3. The highest BCUT2D eigenvalue weighted by Crippen LogP contribution is 2.32. The molecular formula is C12H18N6O3. The summed E-state index contributed by atoms with van der Waals surface area (Å²) in [5.41, 5.74) is 5.72. The summed E-state index contributed by atoms with van der Waals surface area (Å²) >= 11 is 0. The first-order valence-corrected chi connectivity index (χ1v) is 6.69. The number of nitrogens with one attached hydrogen (secondary N) is 1. The number of amides is 1. The van der Waals surface area contributed by atoms with Gasteiger partial charge in [-0.25, -0.2) is 4.98 Å². The molecule has 114 valence electrons. The van der Waals surface area contributed by atoms with Crippen molar-refractivity contribution in [2.24, 2.45) is 5.92 Å². The molecule has 1 aromatic rings. The van der Waals surface area contributed by atoms with Crippen LogP contribution in [0.25, 0.3) is 0 Å². The molecule has 0 spiro atoms. The summed E-state index contributed by atoms with van der Waals surface area (Å²) in [7, 11) is 1.61. The van der Waals surface area contributed by atoms with Crippen LogP contribution in [-0.2, 0) is 4.79 Å². The van der Waals surface area contributed by atoms with Gasteiger partial charge in [0.1, 0.15) is 5.69 Å². The first kappa shape index (κ1) is 14.9. The van der Waals surface area contributed by atoms with Gasteiger partial charge in [-0.3, -0.25) is 14.9 Å². The molecule has 0 saturated carbocycles. The Bertz CT molecular complexity index is 568. The Morgan fingerprint density at radius 1 is 1.43 bits per heavy atom. The molecule has 1 saturated heterocycles. The molecule has 0 unspecified atom stereocenters. The molecule has 1 aliphatic heterocycles. The zero-order valence-corrected chi connectivity index (χ0v) is 12.0. The summed E-state index contributed by atoms with van der Waals surface area (Å²) in [6.45, 7) is 2.58. The second-order valence-electron chi connectivity index (χ2n) is 4.97. The van der Waals surface area contributed by atoms with Gasteiger partial charge in [-0.15, -0.1) is 0 Å². The Morgan fingerprint density at radius 3 is 2.57 bits per heavy atom. The van der Waals surface area contributed by atoms with Crippen LogP contribution < -0.4 is 16.0 Å². The highest BCUT2D eigenvalue weighted by atomic mass is 16.6. The van der Waals surface area contributed by atoms with E-state index in [0.717, 1.165) is 0 Å². The largest absolute Gasteiger partial charge is 0.368 e. The van der Waals surface area contributed by atoms with Crippen LogP contribution in [0.15, 0.2) is 0 Å². The lowest BCUT2D eigenvalue weighted by atomic mass is 9.96. The van der Waals surface area contributed by atoms with E-state index < -0.39 is 4.92 Å². The van der Waals surface area contributed by atoms with Gasteiger partial charge in [0.2, 0.25) is 17.7 Å². The smallest absolute Gasteiger partial charge is 0.332 e. The van der Waals surface area contributed by atoms with E-state index in [4.69, 9.17) is 5.73 Å². The van der Waals surface area contributed by atoms with Crippen LogP contribution in [-0.4, -0.2) is 40.9 Å². The molecule has 1 fully saturated rings. The van der Waals surface area contributed by atoms with E-state index in [2.05, 4.69) is 15.3 Å². The Morgan fingerprint density at radius 2 is 2.05 bits per heavy atom. The standard InChI is InChI=1S/C12H18N6O3/c1-7-9(18(20)21)10(16-12(13)15-7)17-5-3-8(4-6-17)11(19)14-2/h8H,3-6H2,1-2H3,(H,14,19)(H2,13,15,16). The van der Waals surface area contributed by atoms with Crippen LogP contribution in [0.4, 0.5) is 17.5 Å². The third-order valence-corrected chi connectivity index (χ3v) is 3.65. The Hall–Kier alpha value is -2.45. The normalized spacial score (nSPS) is 15.8. The number of nitro groups is 1. The molecule has 2 rings (SSSR count). The van der Waals surface area contributed by atoms with Crippen molar-refractivity contribution in [3.63, 3.8) is 0 Å². The second kappa shape index (κ2) is 5.90. The van der Waals surface area contributed by atoms with Crippen molar-refractivity contribution in [1.82, 2.24) is 15.3 Å². The van der Waals surface area contributed by atoms with Crippen LogP contribution in [0, 0.1) is 23.0 Å². The maximum Gasteiger partial charge on any atom is 0.332 e. The fourth-order valence-electron chi connectivity index (χ4n) is 2.56. The van der Waals surface area contributed by atoms with Crippen LogP contribution in [0.1, 0.15) is 18.5 Å². The number of anilines is 2. The van der Waals surface area contributed by atoms with Crippen molar-refractivity contribution in [3.8, 4) is 0 Å². The Balaban J connectivity index is 2.24. The number of carbonyl (C=O) groups is 1. The number of piperidine rings is 1. The lowest BCUT2D eigenvalue weighted by Gasteiger charge is -2.31. The topological polar surface area (TPSA) is 127 Å². The van der Waals surface area contributed by atoms with Crippen molar-refractivity contribution >= 4 is 23.4 Å². The third-order valence-electron chi connectivity index (χ3n) is 3.65. The van der Waals surface area contributed by atoms with Gasteiger partial charge in [-0.1, -0.05) is 0 Å². The van der Waals surface area contributed by atoms with Gasteiger partial charge in [-0.2, -0.15) is 4.98 Å². The van der Waals surface area contributed by atoms with E-state index in [0.29, 0.717) is 25.9 Å². The number of aryl methyl sites for hydroxylation is 1. The first-order valence-electron chi connectivity index (χ1n) is 6.69. The first-order chi connectivity index (χ1) is 9.93. The molecule has 9 heteroatoms. The SMILES string of the molecule is CNC(=O)C1CCN(c2nc(N)nc(C)c2[N+](=O)[O-])CC1. The predicted molar refractivity (Wildman–Crippen MR) is 76.8 cm³/mol. The summed E-state index contributed by atoms with van der Waals surface area (Å²) in [6, 6.07) is 0. The zero-order chi connectivity index (χ0) is 15.6. The van der Waals surface area contributed by atoms with Gasteiger partial charge in [0.25, 0.3) is 0 Å². The van der Waals surface area contributed by atoms with Crippen molar-refractivity contribution in [2.75, 3.05) is 30.8 Å². The molecule has 2 heterocycles. The van der Waals surface area contributed by atoms with Gasteiger partial charge in [0.15, 0.2) is 0 Å². The summed E-state index contributed by atoms with van der Waals surface area (Å²) < 4.78 is 0. The van der Waals surface area contributed by atoms with E-state index in [1.54, 1.807) is 11.9 Å². The molecule has 0 radical (unpaired) electrons. The number of nitrogens with zero attached hydrogens (tertiary/aromatic N) is 4. The highest BCUT2D eigenvalue weighted by Gasteiger charge is 2.30. The van der Waals surface area contributed by atoms with E-state index >= 15 is 0 Å². The molecule has 0 aromatic carbocycles. The molecular weight excluding hydrogens is 276 g/mol. The summed E-state index contributed by atoms with van der Waals surface area (Å²) in [5.74, 6) is 0.190. The highest BCUT2D eigenvalue weighted by molar-refractivity contribution is 5.78. The van der Waals surface area contributed by atoms with Gasteiger partial charge >= 0.3 is 5.69 Å². The fraction of sp³-hybridized carbons (Fsp3) is 0.583. The summed E-state index contributed by atoms with van der Waals surface area (Å²) in [6.07, 6.45) is 1.25. The molecule has 1 aliphatic rings. The van der Waals surface area contributed by atoms with Crippen LogP contribution in [0.5, 0.6) is 0 Å². The zero-order valence-electron chi connectivity index (χ0n) is 12.0. The van der Waals surface area contributed by atoms with Gasteiger partial charge in [0.05, 0.1) is 4.92 Å². The molecule has 0 atom stereocenters. The second-order valence-corrected chi connectivity index (χ2v) is 4.97. The molecule has 0 bridgehead atoms. The number of nitrogen functional groups attached to an aromatic ring is 1. The number of carbonyl (C=O) groups excluding carboxylic acids is 1. The molecule has 0 aliphatic carbocycles. The Labute approximate surface area is 121 Å². The molecule has 9 nitrogen and oxygen atoms in total. The van der Waals surface area contributed by atoms with Crippen LogP contribution >= 0.6 is 0 Å².